The average molecular weight is 238 g/mol. The van der Waals surface area contributed by atoms with Gasteiger partial charge in [0, 0.05) is 13.1 Å². The lowest BCUT2D eigenvalue weighted by molar-refractivity contribution is 0.0940. The Hall–Kier alpha value is -1.52. The van der Waals surface area contributed by atoms with Crippen molar-refractivity contribution in [2.24, 2.45) is 5.41 Å². The number of aryl methyl sites for hydroxylation is 1. The minimum atomic E-state index is -0.147. The number of amides is 1. The molecule has 3 N–H and O–H groups in total. The zero-order valence-corrected chi connectivity index (χ0v) is 11.1. The highest BCUT2D eigenvalue weighted by atomic mass is 16.2. The van der Waals surface area contributed by atoms with E-state index >= 15 is 0 Å². The highest BCUT2D eigenvalue weighted by molar-refractivity contribution is 5.97. The van der Waals surface area contributed by atoms with Crippen molar-refractivity contribution < 1.29 is 4.79 Å². The molecule has 0 aliphatic carbocycles. The fourth-order valence-corrected chi connectivity index (χ4v) is 1.52. The van der Waals surface area contributed by atoms with Crippen LogP contribution >= 0.6 is 0 Å². The molecule has 0 fully saturated rings. The third-order valence-electron chi connectivity index (χ3n) is 2.54. The van der Waals surface area contributed by atoms with E-state index in [9.17, 15) is 4.79 Å². The van der Waals surface area contributed by atoms with Gasteiger partial charge in [-0.15, -0.1) is 0 Å². The summed E-state index contributed by atoms with van der Waals surface area (Å²) in [5.41, 5.74) is 6.83. The van der Waals surface area contributed by atoms with Crippen molar-refractivity contribution in [3.05, 3.63) is 11.9 Å². The minimum Gasteiger partial charge on any atom is -0.396 e. The Balaban J connectivity index is 2.61. The van der Waals surface area contributed by atoms with Crippen LogP contribution in [0.2, 0.25) is 0 Å². The Labute approximate surface area is 102 Å². The van der Waals surface area contributed by atoms with Crippen LogP contribution in [0.5, 0.6) is 0 Å². The van der Waals surface area contributed by atoms with Gasteiger partial charge >= 0.3 is 0 Å². The zero-order valence-electron chi connectivity index (χ0n) is 11.1. The van der Waals surface area contributed by atoms with E-state index in [0.29, 0.717) is 24.5 Å². The third kappa shape index (κ3) is 3.76. The molecule has 1 heterocycles. The first-order valence-corrected chi connectivity index (χ1v) is 5.94. The predicted molar refractivity (Wildman–Crippen MR) is 68.7 cm³/mol. The lowest BCUT2D eigenvalue weighted by Crippen LogP contribution is -2.29. The van der Waals surface area contributed by atoms with Gasteiger partial charge in [0.25, 0.3) is 5.91 Å². The number of nitrogen functional groups attached to an aromatic ring is 1. The Kier molecular flexibility index (Phi) is 4.15. The first-order valence-electron chi connectivity index (χ1n) is 5.94. The molecule has 17 heavy (non-hydrogen) atoms. The first-order chi connectivity index (χ1) is 7.85. The van der Waals surface area contributed by atoms with E-state index in [2.05, 4.69) is 31.2 Å². The quantitative estimate of drug-likeness (QED) is 0.837. The number of carbonyl (C=O) groups is 1. The Morgan fingerprint density at radius 1 is 1.53 bits per heavy atom. The van der Waals surface area contributed by atoms with Crippen molar-refractivity contribution in [3.8, 4) is 0 Å². The molecular weight excluding hydrogens is 216 g/mol. The van der Waals surface area contributed by atoms with Crippen LogP contribution in [0.25, 0.3) is 0 Å². The van der Waals surface area contributed by atoms with E-state index < -0.39 is 0 Å². The van der Waals surface area contributed by atoms with Crippen LogP contribution in [0, 0.1) is 5.41 Å². The molecule has 0 aliphatic rings. The van der Waals surface area contributed by atoms with Crippen LogP contribution in [-0.2, 0) is 6.54 Å². The smallest absolute Gasteiger partial charge is 0.271 e. The molecule has 0 saturated heterocycles. The topological polar surface area (TPSA) is 72.9 Å². The lowest BCUT2D eigenvalue weighted by Gasteiger charge is -2.18. The molecule has 0 bridgehead atoms. The molecule has 0 unspecified atom stereocenters. The summed E-state index contributed by atoms with van der Waals surface area (Å²) in [5, 5.41) is 6.92. The maximum Gasteiger partial charge on any atom is 0.271 e. The van der Waals surface area contributed by atoms with Crippen LogP contribution in [-0.4, -0.2) is 22.2 Å². The minimum absolute atomic E-state index is 0.147. The predicted octanol–water partition coefficient (Wildman–Crippen LogP) is 1.65. The summed E-state index contributed by atoms with van der Waals surface area (Å²) < 4.78 is 1.61. The highest BCUT2D eigenvalue weighted by Crippen LogP contribution is 2.17. The number of carbonyl (C=O) groups excluding carboxylic acids is 1. The second-order valence-electron chi connectivity index (χ2n) is 5.33. The third-order valence-corrected chi connectivity index (χ3v) is 2.54. The number of hydrogen-bond acceptors (Lipinski definition) is 3. The number of nitrogens with one attached hydrogen (secondary N) is 1. The molecule has 5 heteroatoms. The molecule has 0 aromatic carbocycles. The van der Waals surface area contributed by atoms with E-state index in [0.717, 1.165) is 6.42 Å². The second kappa shape index (κ2) is 5.21. The molecule has 1 aromatic rings. The van der Waals surface area contributed by atoms with Crippen LogP contribution in [0.4, 0.5) is 5.69 Å². The molecule has 0 aliphatic heterocycles. The van der Waals surface area contributed by atoms with Crippen LogP contribution < -0.4 is 11.1 Å². The van der Waals surface area contributed by atoms with E-state index in [1.54, 1.807) is 4.68 Å². The summed E-state index contributed by atoms with van der Waals surface area (Å²) in [6.45, 7) is 9.64. The lowest BCUT2D eigenvalue weighted by atomic mass is 9.92. The van der Waals surface area contributed by atoms with Gasteiger partial charge in [0.05, 0.1) is 11.9 Å². The summed E-state index contributed by atoms with van der Waals surface area (Å²) in [6, 6.07) is 0. The summed E-state index contributed by atoms with van der Waals surface area (Å²) in [5.74, 6) is -0.147. The van der Waals surface area contributed by atoms with Gasteiger partial charge < -0.3 is 11.1 Å². The van der Waals surface area contributed by atoms with Crippen molar-refractivity contribution in [2.45, 2.75) is 40.7 Å². The SMILES string of the molecule is CCn1ncc(N)c1C(=O)NCCC(C)(C)C. The largest absolute Gasteiger partial charge is 0.396 e. The fourth-order valence-electron chi connectivity index (χ4n) is 1.52. The first kappa shape index (κ1) is 13.5. The van der Waals surface area contributed by atoms with Gasteiger partial charge in [-0.3, -0.25) is 9.48 Å². The Morgan fingerprint density at radius 3 is 2.71 bits per heavy atom. The van der Waals surface area contributed by atoms with Crippen molar-refractivity contribution >= 4 is 11.6 Å². The summed E-state index contributed by atoms with van der Waals surface area (Å²) in [6.07, 6.45) is 2.45. The molecular formula is C12H22N4O. The molecule has 1 amide bonds. The van der Waals surface area contributed by atoms with Crippen molar-refractivity contribution in [3.63, 3.8) is 0 Å². The van der Waals surface area contributed by atoms with Gasteiger partial charge in [0.1, 0.15) is 5.69 Å². The van der Waals surface area contributed by atoms with Crippen LogP contribution in [0.3, 0.4) is 0 Å². The summed E-state index contributed by atoms with van der Waals surface area (Å²) in [4.78, 5) is 11.9. The monoisotopic (exact) mass is 238 g/mol. The van der Waals surface area contributed by atoms with E-state index in [4.69, 9.17) is 5.73 Å². The van der Waals surface area contributed by atoms with E-state index in [1.807, 2.05) is 6.92 Å². The Morgan fingerprint density at radius 2 is 2.18 bits per heavy atom. The number of rotatable bonds is 4. The molecule has 0 saturated carbocycles. The maximum atomic E-state index is 11.9. The van der Waals surface area contributed by atoms with Gasteiger partial charge in [-0.2, -0.15) is 5.10 Å². The van der Waals surface area contributed by atoms with Gasteiger partial charge in [-0.25, -0.2) is 0 Å². The molecule has 1 rings (SSSR count). The fraction of sp³-hybridized carbons (Fsp3) is 0.667. The number of anilines is 1. The number of aromatic nitrogens is 2. The molecule has 96 valence electrons. The van der Waals surface area contributed by atoms with Crippen molar-refractivity contribution in [1.82, 2.24) is 15.1 Å². The van der Waals surface area contributed by atoms with Gasteiger partial charge in [0.2, 0.25) is 0 Å². The van der Waals surface area contributed by atoms with Gasteiger partial charge in [-0.05, 0) is 18.8 Å². The standard InChI is InChI=1S/C12H22N4O/c1-5-16-10(9(13)8-15-16)11(17)14-7-6-12(2,3)4/h8H,5-7,13H2,1-4H3,(H,14,17). The Bertz CT molecular complexity index is 390. The normalized spacial score (nSPS) is 11.5. The van der Waals surface area contributed by atoms with Gasteiger partial charge in [-0.1, -0.05) is 20.8 Å². The number of nitrogens with zero attached hydrogens (tertiary/aromatic N) is 2. The van der Waals surface area contributed by atoms with Gasteiger partial charge in [0.15, 0.2) is 0 Å². The summed E-state index contributed by atoms with van der Waals surface area (Å²) >= 11 is 0. The highest BCUT2D eigenvalue weighted by Gasteiger charge is 2.16. The zero-order chi connectivity index (χ0) is 13.1. The number of hydrogen-bond donors (Lipinski definition) is 2. The van der Waals surface area contributed by atoms with E-state index in [-0.39, 0.29) is 11.3 Å². The van der Waals surface area contributed by atoms with Crippen molar-refractivity contribution in [1.29, 1.82) is 0 Å². The molecule has 0 spiro atoms. The van der Waals surface area contributed by atoms with Crippen molar-refractivity contribution in [2.75, 3.05) is 12.3 Å². The van der Waals surface area contributed by atoms with E-state index in [1.165, 1.54) is 6.20 Å². The number of nitrogens with two attached hydrogens (primary N) is 1. The molecule has 0 radical (unpaired) electrons. The van der Waals surface area contributed by atoms with Crippen LogP contribution in [0.1, 0.15) is 44.6 Å². The molecule has 1 aromatic heterocycles. The molecule has 5 nitrogen and oxygen atoms in total. The second-order valence-corrected chi connectivity index (χ2v) is 5.33. The molecule has 0 atom stereocenters. The van der Waals surface area contributed by atoms with Crippen LogP contribution in [0.15, 0.2) is 6.20 Å². The average Bonchev–Trinajstić information content (AvgIpc) is 2.57. The summed E-state index contributed by atoms with van der Waals surface area (Å²) in [7, 11) is 0. The maximum absolute atomic E-state index is 11.9.